The predicted octanol–water partition coefficient (Wildman–Crippen LogP) is 1.01. The summed E-state index contributed by atoms with van der Waals surface area (Å²) in [4.78, 5) is 11.8. The summed E-state index contributed by atoms with van der Waals surface area (Å²) in [6.07, 6.45) is 0.156. The van der Waals surface area contributed by atoms with E-state index in [0.717, 1.165) is 4.31 Å². The molecule has 1 amide bonds. The van der Waals surface area contributed by atoms with Crippen molar-refractivity contribution in [3.8, 4) is 5.75 Å². The summed E-state index contributed by atoms with van der Waals surface area (Å²) in [7, 11) is -0.805. The average molecular weight is 329 g/mol. The van der Waals surface area contributed by atoms with E-state index in [4.69, 9.17) is 10.5 Å². The van der Waals surface area contributed by atoms with Crippen molar-refractivity contribution in [1.29, 1.82) is 0 Å². The van der Waals surface area contributed by atoms with Crippen LogP contribution in [-0.2, 0) is 14.8 Å². The number of nitrogens with one attached hydrogen (secondary N) is 1. The molecule has 0 fully saturated rings. The van der Waals surface area contributed by atoms with Crippen LogP contribution in [0.5, 0.6) is 5.75 Å². The molecule has 0 saturated heterocycles. The summed E-state index contributed by atoms with van der Waals surface area (Å²) in [5.74, 6) is -0.0197. The Morgan fingerprint density at radius 3 is 2.55 bits per heavy atom. The Balaban J connectivity index is 3.17. The van der Waals surface area contributed by atoms with E-state index >= 15 is 0 Å². The van der Waals surface area contributed by atoms with Gasteiger partial charge in [-0.2, -0.15) is 0 Å². The molecule has 0 radical (unpaired) electrons. The maximum atomic E-state index is 12.4. The first-order valence-corrected chi connectivity index (χ1v) is 8.37. The molecule has 8 heteroatoms. The van der Waals surface area contributed by atoms with Gasteiger partial charge in [-0.3, -0.25) is 4.79 Å². The van der Waals surface area contributed by atoms with Crippen molar-refractivity contribution < 1.29 is 17.9 Å². The first-order chi connectivity index (χ1) is 10.2. The van der Waals surface area contributed by atoms with Crippen LogP contribution in [-0.4, -0.2) is 45.4 Å². The molecule has 1 aromatic carbocycles. The van der Waals surface area contributed by atoms with E-state index in [9.17, 15) is 13.2 Å². The van der Waals surface area contributed by atoms with Crippen LogP contribution < -0.4 is 15.8 Å². The van der Waals surface area contributed by atoms with Crippen LogP contribution in [0, 0.1) is 0 Å². The highest BCUT2D eigenvalue weighted by Gasteiger charge is 2.23. The van der Waals surface area contributed by atoms with Gasteiger partial charge in [0, 0.05) is 32.2 Å². The Morgan fingerprint density at radius 2 is 2.05 bits per heavy atom. The number of carbonyl (C=O) groups is 1. The largest absolute Gasteiger partial charge is 0.492 e. The van der Waals surface area contributed by atoms with E-state index in [1.165, 1.54) is 26.2 Å². The van der Waals surface area contributed by atoms with Gasteiger partial charge in [0.25, 0.3) is 0 Å². The molecule has 0 spiro atoms. The van der Waals surface area contributed by atoms with Crippen LogP contribution in [0.25, 0.3) is 0 Å². The maximum absolute atomic E-state index is 12.4. The highest BCUT2D eigenvalue weighted by molar-refractivity contribution is 7.89. The number of carbonyl (C=O) groups excluding carboxylic acids is 1. The molecular weight excluding hydrogens is 306 g/mol. The lowest BCUT2D eigenvalue weighted by atomic mass is 10.2. The van der Waals surface area contributed by atoms with Gasteiger partial charge in [-0.25, -0.2) is 12.7 Å². The highest BCUT2D eigenvalue weighted by atomic mass is 32.2. The Bertz CT molecular complexity index is 627. The lowest BCUT2D eigenvalue weighted by molar-refractivity contribution is -0.116. The predicted molar refractivity (Wildman–Crippen MR) is 85.4 cm³/mol. The fourth-order valence-corrected chi connectivity index (χ4v) is 2.81. The SMILES string of the molecule is CCOc1ccc(NC(=O)CC(C)N)cc1S(=O)(=O)N(C)C. The van der Waals surface area contributed by atoms with E-state index < -0.39 is 10.0 Å². The molecule has 7 nitrogen and oxygen atoms in total. The van der Waals surface area contributed by atoms with Gasteiger partial charge in [-0.1, -0.05) is 0 Å². The summed E-state index contributed by atoms with van der Waals surface area (Å²) in [6.45, 7) is 3.83. The third kappa shape index (κ3) is 4.69. The van der Waals surface area contributed by atoms with E-state index in [0.29, 0.717) is 12.3 Å². The van der Waals surface area contributed by atoms with Gasteiger partial charge in [-0.15, -0.1) is 0 Å². The Morgan fingerprint density at radius 1 is 1.41 bits per heavy atom. The van der Waals surface area contributed by atoms with Crippen molar-refractivity contribution in [2.45, 2.75) is 31.2 Å². The number of sulfonamides is 1. The Labute approximate surface area is 131 Å². The first kappa shape index (κ1) is 18.4. The van der Waals surface area contributed by atoms with E-state index in [1.54, 1.807) is 19.9 Å². The Hall–Kier alpha value is -1.64. The van der Waals surface area contributed by atoms with Gasteiger partial charge in [0.05, 0.1) is 6.61 Å². The molecule has 0 bridgehead atoms. The van der Waals surface area contributed by atoms with E-state index in [1.807, 2.05) is 0 Å². The number of nitrogens with zero attached hydrogens (tertiary/aromatic N) is 1. The number of nitrogens with two attached hydrogens (primary N) is 1. The van der Waals surface area contributed by atoms with E-state index in [-0.39, 0.29) is 29.0 Å². The van der Waals surface area contributed by atoms with E-state index in [2.05, 4.69) is 5.32 Å². The van der Waals surface area contributed by atoms with Crippen LogP contribution in [0.3, 0.4) is 0 Å². The Kier molecular flexibility index (Phi) is 6.34. The van der Waals surface area contributed by atoms with Crippen LogP contribution in [0.15, 0.2) is 23.1 Å². The molecule has 1 atom stereocenters. The summed E-state index contributed by atoms with van der Waals surface area (Å²) in [5, 5.41) is 2.64. The average Bonchev–Trinajstić information content (AvgIpc) is 2.39. The monoisotopic (exact) mass is 329 g/mol. The number of benzene rings is 1. The molecule has 1 rings (SSSR count). The number of ether oxygens (including phenoxy) is 1. The minimum Gasteiger partial charge on any atom is -0.492 e. The second-order valence-corrected chi connectivity index (χ2v) is 7.23. The summed E-state index contributed by atoms with van der Waals surface area (Å²) in [6, 6.07) is 4.24. The number of hydrogen-bond acceptors (Lipinski definition) is 5. The smallest absolute Gasteiger partial charge is 0.246 e. The number of amides is 1. The van der Waals surface area contributed by atoms with Crippen LogP contribution in [0.1, 0.15) is 20.3 Å². The molecule has 0 saturated carbocycles. The van der Waals surface area contributed by atoms with Gasteiger partial charge in [-0.05, 0) is 32.0 Å². The van der Waals surface area contributed by atoms with Crippen molar-refractivity contribution in [1.82, 2.24) is 4.31 Å². The van der Waals surface area contributed by atoms with Gasteiger partial charge >= 0.3 is 0 Å². The summed E-state index contributed by atoms with van der Waals surface area (Å²) < 4.78 is 31.2. The molecule has 0 aliphatic rings. The molecule has 0 aromatic heterocycles. The molecule has 124 valence electrons. The van der Waals surface area contributed by atoms with Crippen molar-refractivity contribution in [2.75, 3.05) is 26.0 Å². The topological polar surface area (TPSA) is 102 Å². The zero-order valence-corrected chi connectivity index (χ0v) is 14.1. The van der Waals surface area contributed by atoms with Crippen LogP contribution >= 0.6 is 0 Å². The lowest BCUT2D eigenvalue weighted by Crippen LogP contribution is -2.25. The van der Waals surface area contributed by atoms with Crippen molar-refractivity contribution in [2.24, 2.45) is 5.73 Å². The second kappa shape index (κ2) is 7.57. The van der Waals surface area contributed by atoms with Crippen molar-refractivity contribution >= 4 is 21.6 Å². The molecule has 1 unspecified atom stereocenters. The second-order valence-electron chi connectivity index (χ2n) is 5.11. The highest BCUT2D eigenvalue weighted by Crippen LogP contribution is 2.29. The fourth-order valence-electron chi connectivity index (χ4n) is 1.76. The van der Waals surface area contributed by atoms with Crippen molar-refractivity contribution in [3.63, 3.8) is 0 Å². The van der Waals surface area contributed by atoms with Gasteiger partial charge in [0.1, 0.15) is 10.6 Å². The third-order valence-corrected chi connectivity index (χ3v) is 4.63. The molecular formula is C14H23N3O4S. The number of rotatable bonds is 7. The molecule has 22 heavy (non-hydrogen) atoms. The molecule has 0 heterocycles. The van der Waals surface area contributed by atoms with Gasteiger partial charge in [0.15, 0.2) is 0 Å². The third-order valence-electron chi connectivity index (χ3n) is 2.79. The first-order valence-electron chi connectivity index (χ1n) is 6.93. The normalized spacial score (nSPS) is 13.0. The number of hydrogen-bond donors (Lipinski definition) is 2. The van der Waals surface area contributed by atoms with Crippen LogP contribution in [0.4, 0.5) is 5.69 Å². The minimum absolute atomic E-state index is 0.0120. The molecule has 0 aliphatic carbocycles. The standard InChI is InChI=1S/C14H23N3O4S/c1-5-21-12-7-6-11(16-14(18)8-10(2)15)9-13(12)22(19,20)17(3)4/h6-7,9-10H,5,8,15H2,1-4H3,(H,16,18). The quantitative estimate of drug-likeness (QED) is 0.777. The lowest BCUT2D eigenvalue weighted by Gasteiger charge is -2.17. The summed E-state index contributed by atoms with van der Waals surface area (Å²) in [5.41, 5.74) is 5.95. The molecule has 0 aliphatic heterocycles. The van der Waals surface area contributed by atoms with Gasteiger partial charge in [0.2, 0.25) is 15.9 Å². The number of anilines is 1. The van der Waals surface area contributed by atoms with Gasteiger partial charge < -0.3 is 15.8 Å². The van der Waals surface area contributed by atoms with Crippen molar-refractivity contribution in [3.05, 3.63) is 18.2 Å². The minimum atomic E-state index is -3.68. The molecule has 1 aromatic rings. The summed E-state index contributed by atoms with van der Waals surface area (Å²) >= 11 is 0. The molecule has 3 N–H and O–H groups in total. The van der Waals surface area contributed by atoms with Crippen LogP contribution in [0.2, 0.25) is 0 Å². The maximum Gasteiger partial charge on any atom is 0.246 e. The fraction of sp³-hybridized carbons (Fsp3) is 0.500. The zero-order valence-electron chi connectivity index (χ0n) is 13.3. The zero-order chi connectivity index (χ0) is 16.9.